The molecule has 158 valence electrons. The maximum Gasteiger partial charge on any atom is 0.416 e. The molecule has 0 unspecified atom stereocenters. The summed E-state index contributed by atoms with van der Waals surface area (Å²) in [5, 5.41) is 3.78. The van der Waals surface area contributed by atoms with Crippen molar-refractivity contribution >= 4 is 11.6 Å². The smallest absolute Gasteiger partial charge is 0.372 e. The third-order valence-corrected chi connectivity index (χ3v) is 5.10. The molecule has 9 heteroatoms. The van der Waals surface area contributed by atoms with Crippen LogP contribution in [-0.4, -0.2) is 12.6 Å². The van der Waals surface area contributed by atoms with Crippen LogP contribution in [0.3, 0.4) is 0 Å². The van der Waals surface area contributed by atoms with E-state index in [1.54, 1.807) is 18.2 Å². The van der Waals surface area contributed by atoms with Gasteiger partial charge in [0.15, 0.2) is 0 Å². The number of benzene rings is 2. The van der Waals surface area contributed by atoms with E-state index < -0.39 is 29.6 Å². The lowest BCUT2D eigenvalue weighted by Crippen LogP contribution is -2.39. The lowest BCUT2D eigenvalue weighted by Gasteiger charge is -2.33. The first-order valence-corrected chi connectivity index (χ1v) is 9.31. The average molecular weight is 438 g/mol. The molecule has 2 aromatic carbocycles. The fourth-order valence-corrected chi connectivity index (χ4v) is 3.64. The van der Waals surface area contributed by atoms with Gasteiger partial charge in [-0.3, -0.25) is 0 Å². The largest absolute Gasteiger partial charge is 0.416 e. The molecule has 29 heavy (non-hydrogen) atoms. The normalized spacial score (nSPS) is 20.7. The summed E-state index contributed by atoms with van der Waals surface area (Å²) in [6, 6.07) is 8.29. The van der Waals surface area contributed by atoms with Gasteiger partial charge in [0.1, 0.15) is 0 Å². The Morgan fingerprint density at radius 2 is 1.59 bits per heavy atom. The number of hydrogen-bond donors (Lipinski definition) is 1. The molecule has 1 saturated heterocycles. The lowest BCUT2D eigenvalue weighted by molar-refractivity contribution is -0.143. The van der Waals surface area contributed by atoms with Crippen LogP contribution < -0.4 is 5.32 Å². The quantitative estimate of drug-likeness (QED) is 0.560. The SMILES string of the molecule is FC(F)(F)c1cc(CO[C@@H]2CCCN[C@@H]2c2ccccc2Cl)cc(C(F)(F)F)c1. The highest BCUT2D eigenvalue weighted by Gasteiger charge is 2.37. The van der Waals surface area contributed by atoms with Crippen molar-refractivity contribution in [1.82, 2.24) is 5.32 Å². The van der Waals surface area contributed by atoms with Crippen LogP contribution in [0.5, 0.6) is 0 Å². The van der Waals surface area contributed by atoms with E-state index in [2.05, 4.69) is 5.32 Å². The summed E-state index contributed by atoms with van der Waals surface area (Å²) in [5.41, 5.74) is -2.11. The van der Waals surface area contributed by atoms with Gasteiger partial charge >= 0.3 is 12.4 Å². The van der Waals surface area contributed by atoms with E-state index in [9.17, 15) is 26.3 Å². The van der Waals surface area contributed by atoms with Crippen molar-refractivity contribution in [3.05, 3.63) is 69.7 Å². The lowest BCUT2D eigenvalue weighted by atomic mass is 9.94. The molecular weight excluding hydrogens is 420 g/mol. The number of ether oxygens (including phenoxy) is 1. The highest BCUT2D eigenvalue weighted by molar-refractivity contribution is 6.31. The van der Waals surface area contributed by atoms with Crippen LogP contribution in [0.4, 0.5) is 26.3 Å². The molecule has 0 saturated carbocycles. The highest BCUT2D eigenvalue weighted by atomic mass is 35.5. The maximum absolute atomic E-state index is 13.0. The fourth-order valence-electron chi connectivity index (χ4n) is 3.38. The number of alkyl halides is 6. The van der Waals surface area contributed by atoms with E-state index in [0.29, 0.717) is 30.1 Å². The molecule has 2 aromatic rings. The summed E-state index contributed by atoms with van der Waals surface area (Å²) in [4.78, 5) is 0. The molecule has 1 fully saturated rings. The molecule has 1 aliphatic heterocycles. The van der Waals surface area contributed by atoms with Crippen LogP contribution in [0.1, 0.15) is 41.1 Å². The Morgan fingerprint density at radius 3 is 2.17 bits per heavy atom. The van der Waals surface area contributed by atoms with Gasteiger partial charge < -0.3 is 10.1 Å². The number of nitrogens with one attached hydrogen (secondary N) is 1. The van der Waals surface area contributed by atoms with E-state index in [1.807, 2.05) is 6.07 Å². The Hall–Kier alpha value is -1.77. The second kappa shape index (κ2) is 8.53. The molecule has 0 spiro atoms. The molecule has 0 aromatic heterocycles. The minimum absolute atomic E-state index is 0.109. The van der Waals surface area contributed by atoms with Gasteiger partial charge in [0.2, 0.25) is 0 Å². The first-order valence-electron chi connectivity index (χ1n) is 8.93. The van der Waals surface area contributed by atoms with E-state index in [-0.39, 0.29) is 24.3 Å². The van der Waals surface area contributed by atoms with Crippen LogP contribution in [0.15, 0.2) is 42.5 Å². The van der Waals surface area contributed by atoms with Crippen LogP contribution in [-0.2, 0) is 23.7 Å². The van der Waals surface area contributed by atoms with Crippen molar-refractivity contribution in [2.24, 2.45) is 0 Å². The maximum atomic E-state index is 13.0. The van der Waals surface area contributed by atoms with Crippen LogP contribution in [0, 0.1) is 0 Å². The minimum atomic E-state index is -4.89. The van der Waals surface area contributed by atoms with Crippen LogP contribution in [0.25, 0.3) is 0 Å². The van der Waals surface area contributed by atoms with Crippen molar-refractivity contribution in [3.8, 4) is 0 Å². The molecule has 2 nitrogen and oxygen atoms in total. The Balaban J connectivity index is 1.83. The number of piperidine rings is 1. The van der Waals surface area contributed by atoms with Gasteiger partial charge in [-0.15, -0.1) is 0 Å². The summed E-state index contributed by atoms with van der Waals surface area (Å²) in [6.07, 6.45) is -8.84. The molecule has 1 heterocycles. The van der Waals surface area contributed by atoms with Gasteiger partial charge in [-0.1, -0.05) is 29.8 Å². The van der Waals surface area contributed by atoms with Crippen molar-refractivity contribution in [2.45, 2.75) is 43.9 Å². The van der Waals surface area contributed by atoms with Crippen molar-refractivity contribution in [2.75, 3.05) is 6.54 Å². The molecule has 0 aliphatic carbocycles. The Morgan fingerprint density at radius 1 is 0.966 bits per heavy atom. The van der Waals surface area contributed by atoms with Gasteiger partial charge in [0.05, 0.1) is 29.9 Å². The van der Waals surface area contributed by atoms with Crippen LogP contribution >= 0.6 is 11.6 Å². The van der Waals surface area contributed by atoms with Gasteiger partial charge in [0.25, 0.3) is 0 Å². The van der Waals surface area contributed by atoms with Gasteiger partial charge in [-0.05, 0) is 54.8 Å². The number of rotatable bonds is 4. The van der Waals surface area contributed by atoms with Gasteiger partial charge in [0, 0.05) is 5.02 Å². The fraction of sp³-hybridized carbons (Fsp3) is 0.400. The van der Waals surface area contributed by atoms with E-state index in [4.69, 9.17) is 16.3 Å². The zero-order chi connectivity index (χ0) is 21.2. The topological polar surface area (TPSA) is 21.3 Å². The summed E-state index contributed by atoms with van der Waals surface area (Å²) >= 11 is 6.24. The third kappa shape index (κ3) is 5.43. The standard InChI is InChI=1S/C20H18ClF6NO/c21-16-5-2-1-4-15(16)18-17(6-3-7-28-18)29-11-12-8-13(19(22,23)24)10-14(9-12)20(25,26)27/h1-2,4-5,8-10,17-18,28H,3,6-7,11H2/t17-,18-/m1/s1. The predicted octanol–water partition coefficient (Wildman–Crippen LogP) is 6.39. The Bertz CT molecular complexity index is 819. The Kier molecular flexibility index (Phi) is 6.45. The molecule has 2 atom stereocenters. The van der Waals surface area contributed by atoms with Crippen molar-refractivity contribution < 1.29 is 31.1 Å². The second-order valence-corrected chi connectivity index (χ2v) is 7.27. The molecule has 3 rings (SSSR count). The Labute approximate surface area is 168 Å². The molecule has 0 amide bonds. The van der Waals surface area contributed by atoms with E-state index in [0.717, 1.165) is 12.0 Å². The summed E-state index contributed by atoms with van der Waals surface area (Å²) < 4.78 is 83.9. The zero-order valence-corrected chi connectivity index (χ0v) is 15.8. The van der Waals surface area contributed by atoms with E-state index in [1.165, 1.54) is 0 Å². The van der Waals surface area contributed by atoms with E-state index >= 15 is 0 Å². The number of halogens is 7. The average Bonchev–Trinajstić information content (AvgIpc) is 2.65. The van der Waals surface area contributed by atoms with Crippen molar-refractivity contribution in [1.29, 1.82) is 0 Å². The summed E-state index contributed by atoms with van der Waals surface area (Å²) in [6.45, 7) is 0.331. The monoisotopic (exact) mass is 437 g/mol. The molecule has 1 N–H and O–H groups in total. The van der Waals surface area contributed by atoms with Gasteiger partial charge in [-0.25, -0.2) is 0 Å². The zero-order valence-electron chi connectivity index (χ0n) is 15.1. The van der Waals surface area contributed by atoms with Crippen LogP contribution in [0.2, 0.25) is 5.02 Å². The third-order valence-electron chi connectivity index (χ3n) is 4.75. The molecular formula is C20H18ClF6NO. The highest BCUT2D eigenvalue weighted by Crippen LogP contribution is 2.37. The van der Waals surface area contributed by atoms with Crippen molar-refractivity contribution in [3.63, 3.8) is 0 Å². The first kappa shape index (κ1) is 21.9. The van der Waals surface area contributed by atoms with Gasteiger partial charge in [-0.2, -0.15) is 26.3 Å². The molecule has 1 aliphatic rings. The second-order valence-electron chi connectivity index (χ2n) is 6.86. The summed E-state index contributed by atoms with van der Waals surface area (Å²) in [5.74, 6) is 0. The predicted molar refractivity (Wildman–Crippen MR) is 96.5 cm³/mol. The molecule has 0 bridgehead atoms. The number of hydrogen-bond acceptors (Lipinski definition) is 2. The summed E-state index contributed by atoms with van der Waals surface area (Å²) in [7, 11) is 0. The first-order chi connectivity index (χ1) is 13.6. The molecule has 0 radical (unpaired) electrons. The minimum Gasteiger partial charge on any atom is -0.372 e.